The van der Waals surface area contributed by atoms with Gasteiger partial charge in [0.1, 0.15) is 24.4 Å². The minimum atomic E-state index is -1.59. The summed E-state index contributed by atoms with van der Waals surface area (Å²) in [5, 5.41) is 72.0. The van der Waals surface area contributed by atoms with Crippen LogP contribution in [0.3, 0.4) is 0 Å². The Kier molecular flexibility index (Phi) is 8.69. The molecule has 14 unspecified atom stereocenters. The van der Waals surface area contributed by atoms with E-state index in [9.17, 15) is 40.5 Å². The molecular weight excluding hydrogens is 468 g/mol. The maximum absolute atomic E-state index is 11.4. The Bertz CT molecular complexity index is 721. The standard InChI is InChI=1S/C23H38O12/c1-9(25)32-22-18(8-24)35-23(20(31)19(22)30)34-17-7-12-14(28)5-11(26)6-16(12)33-21(17)10-2-3-13(27)15(29)4-10/h10-24,26-31H,2-8H2,1H3/p+1. The number of aliphatic hydroxyl groups is 9. The van der Waals surface area contributed by atoms with Gasteiger partial charge in [-0.15, -0.1) is 0 Å². The van der Waals surface area contributed by atoms with E-state index in [-0.39, 0.29) is 24.4 Å². The van der Waals surface area contributed by atoms with Crippen LogP contribution < -0.4 is 0 Å². The first-order valence-corrected chi connectivity index (χ1v) is 12.5. The summed E-state index contributed by atoms with van der Waals surface area (Å²) in [5.41, 5.74) is 0. The fourth-order valence-corrected chi connectivity index (χ4v) is 6.18. The van der Waals surface area contributed by atoms with Crippen LogP contribution in [0.4, 0.5) is 0 Å². The number of esters is 1. The number of carbonyl (C=O) groups excluding carboxylic acids is 1. The second kappa shape index (κ2) is 11.2. The fourth-order valence-electron chi connectivity index (χ4n) is 6.18. The second-order valence-electron chi connectivity index (χ2n) is 10.5. The molecule has 2 heterocycles. The Morgan fingerprint density at radius 3 is 2.34 bits per heavy atom. The van der Waals surface area contributed by atoms with Gasteiger partial charge in [-0.25, -0.2) is 0 Å². The third-order valence-corrected chi connectivity index (χ3v) is 8.00. The predicted octanol–water partition coefficient (Wildman–Crippen LogP) is -2.94. The third kappa shape index (κ3) is 5.82. The van der Waals surface area contributed by atoms with Crippen molar-refractivity contribution in [1.29, 1.82) is 0 Å². The van der Waals surface area contributed by atoms with Crippen LogP contribution >= 0.6 is 0 Å². The molecule has 4 aliphatic rings. The molecule has 4 fully saturated rings. The van der Waals surface area contributed by atoms with Crippen LogP contribution in [-0.4, -0.2) is 126 Å². The van der Waals surface area contributed by atoms with Gasteiger partial charge in [0.05, 0.1) is 36.9 Å². The molecule has 12 heteroatoms. The molecule has 0 aromatic rings. The first-order valence-electron chi connectivity index (χ1n) is 12.5. The number of carbonyl (C=O) groups is 1. The van der Waals surface area contributed by atoms with Crippen molar-refractivity contribution in [2.24, 2.45) is 11.8 Å². The molecule has 12 nitrogen and oxygen atoms in total. The van der Waals surface area contributed by atoms with Crippen LogP contribution in [0.15, 0.2) is 0 Å². The summed E-state index contributed by atoms with van der Waals surface area (Å²) in [6.07, 6.45) is -9.30. The molecule has 0 amide bonds. The van der Waals surface area contributed by atoms with Gasteiger partial charge in [-0.2, -0.15) is 0 Å². The Morgan fingerprint density at radius 1 is 0.943 bits per heavy atom. The topological polar surface area (TPSA) is 199 Å². The first kappa shape index (κ1) is 27.1. The summed E-state index contributed by atoms with van der Waals surface area (Å²) in [7, 11) is 0. The summed E-state index contributed by atoms with van der Waals surface area (Å²) in [5.74, 6) is -1.14. The van der Waals surface area contributed by atoms with Gasteiger partial charge in [0, 0.05) is 25.7 Å². The summed E-state index contributed by atoms with van der Waals surface area (Å²) in [6.45, 7) is 0.552. The molecule has 35 heavy (non-hydrogen) atoms. The van der Waals surface area contributed by atoms with E-state index in [0.717, 1.165) is 6.92 Å². The lowest BCUT2D eigenvalue weighted by Gasteiger charge is -2.48. The molecule has 8 N–H and O–H groups in total. The zero-order valence-corrected chi connectivity index (χ0v) is 19.7. The Morgan fingerprint density at radius 2 is 1.69 bits per heavy atom. The minimum Gasteiger partial charge on any atom is -0.457 e. The normalized spacial score (nSPS) is 50.9. The van der Waals surface area contributed by atoms with Crippen molar-refractivity contribution in [3.63, 3.8) is 0 Å². The third-order valence-electron chi connectivity index (χ3n) is 8.00. The van der Waals surface area contributed by atoms with Crippen molar-refractivity contribution < 1.29 is 59.5 Å². The van der Waals surface area contributed by atoms with E-state index >= 15 is 0 Å². The highest BCUT2D eigenvalue weighted by atomic mass is 16.7. The smallest absolute Gasteiger partial charge is 0.303 e. The maximum Gasteiger partial charge on any atom is 0.303 e. The van der Waals surface area contributed by atoms with E-state index in [1.165, 1.54) is 0 Å². The van der Waals surface area contributed by atoms with Gasteiger partial charge < -0.3 is 54.7 Å². The van der Waals surface area contributed by atoms with E-state index in [4.69, 9.17) is 18.9 Å². The van der Waals surface area contributed by atoms with Gasteiger partial charge in [-0.3, -0.25) is 4.79 Å². The van der Waals surface area contributed by atoms with Crippen molar-refractivity contribution in [2.75, 3.05) is 6.61 Å². The lowest BCUT2D eigenvalue weighted by atomic mass is 9.72. The molecule has 2 aliphatic heterocycles. The number of ether oxygens (including phenoxy) is 4. The lowest BCUT2D eigenvalue weighted by molar-refractivity contribution is -0.356. The van der Waals surface area contributed by atoms with Gasteiger partial charge >= 0.3 is 5.97 Å². The molecule has 0 aromatic carbocycles. The number of fused-ring (bicyclic) bond motifs is 1. The number of hydrogen-bond acceptors (Lipinski definition) is 11. The van der Waals surface area contributed by atoms with Gasteiger partial charge in [0.25, 0.3) is 0 Å². The Labute approximate surface area is 203 Å². The minimum absolute atomic E-state index is 0.149. The molecule has 14 atom stereocenters. The largest absolute Gasteiger partial charge is 0.457 e. The first-order chi connectivity index (χ1) is 16.6. The molecule has 0 aromatic heterocycles. The van der Waals surface area contributed by atoms with E-state index in [0.29, 0.717) is 32.1 Å². The van der Waals surface area contributed by atoms with Crippen LogP contribution in [0, 0.1) is 11.8 Å². The fraction of sp³-hybridized carbons (Fsp3) is 0.957. The molecule has 4 rings (SSSR count). The molecule has 0 radical (unpaired) electrons. The van der Waals surface area contributed by atoms with Crippen LogP contribution in [0.2, 0.25) is 0 Å². The number of aliphatic hydroxyl groups excluding tert-OH is 7. The van der Waals surface area contributed by atoms with Crippen LogP contribution in [0.1, 0.15) is 45.4 Å². The van der Waals surface area contributed by atoms with E-state index in [1.54, 1.807) is 0 Å². The molecule has 2 saturated heterocycles. The molecule has 202 valence electrons. The number of hydrogen-bond donors (Lipinski definition) is 7. The van der Waals surface area contributed by atoms with Crippen LogP contribution in [0.25, 0.3) is 0 Å². The lowest BCUT2D eigenvalue weighted by Crippen LogP contribution is -2.63. The average Bonchev–Trinajstić information content (AvgIpc) is 2.80. The highest BCUT2D eigenvalue weighted by molar-refractivity contribution is 5.66. The second-order valence-corrected chi connectivity index (χ2v) is 10.5. The Hall–Kier alpha value is -0.930. The van der Waals surface area contributed by atoms with Gasteiger partial charge in [-0.1, -0.05) is 0 Å². The average molecular weight is 508 g/mol. The van der Waals surface area contributed by atoms with Crippen LogP contribution in [-0.2, 0) is 19.0 Å². The zero-order valence-electron chi connectivity index (χ0n) is 19.7. The SMILES string of the molecule is CC(=O)OC1C(CO)OC(OC2CC3C(O)CC(O)CC3[OH+]C2C2CCC(O)C(O)C2)C(O)C1O. The Balaban J connectivity index is 1.53. The van der Waals surface area contributed by atoms with Gasteiger partial charge in [-0.05, 0) is 25.7 Å². The number of rotatable bonds is 5. The molecular formula is C23H39O12+. The zero-order chi connectivity index (χ0) is 25.4. The van der Waals surface area contributed by atoms with Crippen molar-refractivity contribution in [3.05, 3.63) is 0 Å². The monoisotopic (exact) mass is 507 g/mol. The summed E-state index contributed by atoms with van der Waals surface area (Å²) >= 11 is 0. The molecule has 0 bridgehead atoms. The van der Waals surface area contributed by atoms with E-state index in [1.807, 2.05) is 0 Å². The van der Waals surface area contributed by atoms with Crippen molar-refractivity contribution in [1.82, 2.24) is 0 Å². The summed E-state index contributed by atoms with van der Waals surface area (Å²) < 4.78 is 21.8. The van der Waals surface area contributed by atoms with Crippen LogP contribution in [0.5, 0.6) is 0 Å². The predicted molar refractivity (Wildman–Crippen MR) is 117 cm³/mol. The van der Waals surface area contributed by atoms with Gasteiger partial charge in [0.15, 0.2) is 24.6 Å². The molecule has 2 aliphatic carbocycles. The van der Waals surface area contributed by atoms with E-state index in [2.05, 4.69) is 0 Å². The highest BCUT2D eigenvalue weighted by Crippen LogP contribution is 2.42. The molecule has 2 saturated carbocycles. The van der Waals surface area contributed by atoms with Crippen molar-refractivity contribution in [3.8, 4) is 0 Å². The van der Waals surface area contributed by atoms with Crippen molar-refractivity contribution in [2.45, 2.75) is 119 Å². The quantitative estimate of drug-likeness (QED) is 0.148. The highest BCUT2D eigenvalue weighted by Gasteiger charge is 2.55. The summed E-state index contributed by atoms with van der Waals surface area (Å²) in [4.78, 5) is 11.4. The summed E-state index contributed by atoms with van der Waals surface area (Å²) in [6, 6.07) is 0. The maximum atomic E-state index is 11.4. The van der Waals surface area contributed by atoms with Gasteiger partial charge in [0.2, 0.25) is 0 Å². The molecule has 0 spiro atoms. The van der Waals surface area contributed by atoms with Crippen molar-refractivity contribution >= 4 is 5.97 Å². The van der Waals surface area contributed by atoms with E-state index < -0.39 is 79.9 Å².